The summed E-state index contributed by atoms with van der Waals surface area (Å²) in [5.74, 6) is 0. The zero-order valence-electron chi connectivity index (χ0n) is 8.17. The van der Waals surface area contributed by atoms with Gasteiger partial charge in [-0.2, -0.15) is 6.07 Å². The highest BCUT2D eigenvalue weighted by Crippen LogP contribution is 2.23. The first-order valence-corrected chi connectivity index (χ1v) is 4.71. The second kappa shape index (κ2) is 3.27. The van der Waals surface area contributed by atoms with Gasteiger partial charge in [0.1, 0.15) is 0 Å². The van der Waals surface area contributed by atoms with Crippen molar-refractivity contribution in [1.29, 1.82) is 0 Å². The highest BCUT2D eigenvalue weighted by molar-refractivity contribution is 5.60. The fourth-order valence-corrected chi connectivity index (χ4v) is 1.80. The van der Waals surface area contributed by atoms with Crippen molar-refractivity contribution < 1.29 is 4.90 Å². The average Bonchev–Trinajstić information content (AvgIpc) is 2.17. The van der Waals surface area contributed by atoms with Crippen LogP contribution in [0.1, 0.15) is 17.5 Å². The van der Waals surface area contributed by atoms with E-state index in [2.05, 4.69) is 50.5 Å². The van der Waals surface area contributed by atoms with Gasteiger partial charge < -0.3 is 4.90 Å². The van der Waals surface area contributed by atoms with Crippen LogP contribution >= 0.6 is 0 Å². The molecule has 1 heteroatoms. The van der Waals surface area contributed by atoms with Crippen molar-refractivity contribution in [2.24, 2.45) is 0 Å². The first-order chi connectivity index (χ1) is 6.29. The molecule has 2 rings (SSSR count). The second-order valence-electron chi connectivity index (χ2n) is 3.67. The van der Waals surface area contributed by atoms with Crippen molar-refractivity contribution in [1.82, 2.24) is 0 Å². The number of quaternary nitrogens is 1. The normalized spacial score (nSPS) is 14.8. The molecule has 0 saturated heterocycles. The summed E-state index contributed by atoms with van der Waals surface area (Å²) in [5, 5.41) is 0. The van der Waals surface area contributed by atoms with Crippen LogP contribution in [0.4, 0.5) is 0 Å². The van der Waals surface area contributed by atoms with Crippen LogP contribution in [0.2, 0.25) is 0 Å². The number of hydrogen-bond donors (Lipinski definition) is 1. The van der Waals surface area contributed by atoms with Crippen LogP contribution in [0.3, 0.4) is 0 Å². The van der Waals surface area contributed by atoms with Crippen LogP contribution < -0.4 is 4.90 Å². The average molecular weight is 173 g/mol. The Morgan fingerprint density at radius 1 is 1.23 bits per heavy atom. The van der Waals surface area contributed by atoms with Crippen molar-refractivity contribution in [3.05, 3.63) is 47.5 Å². The summed E-state index contributed by atoms with van der Waals surface area (Å²) in [6.07, 6.45) is 5.53. The lowest BCUT2D eigenvalue weighted by molar-refractivity contribution is -0.841. The van der Waals surface area contributed by atoms with Crippen LogP contribution in [0.5, 0.6) is 0 Å². The Morgan fingerprint density at radius 2 is 2.00 bits per heavy atom. The standard InChI is InChI=1S/C12H15N/c1-13(2)12-9-5-7-10-6-3-4-8-11(10)12/h3-8,13H,9H2,1-2H3. The van der Waals surface area contributed by atoms with E-state index in [4.69, 9.17) is 0 Å². The molecule has 1 nitrogen and oxygen atoms in total. The van der Waals surface area contributed by atoms with Gasteiger partial charge in [-0.05, 0) is 6.42 Å². The lowest BCUT2D eigenvalue weighted by Crippen LogP contribution is -3.06. The van der Waals surface area contributed by atoms with E-state index in [0.29, 0.717) is 0 Å². The number of nitrogens with one attached hydrogen (secondary N) is 1. The van der Waals surface area contributed by atoms with Gasteiger partial charge in [0.25, 0.3) is 0 Å². The Kier molecular flexibility index (Phi) is 2.11. The number of hydrogen-bond acceptors (Lipinski definition) is 0. The Morgan fingerprint density at radius 3 is 2.77 bits per heavy atom. The van der Waals surface area contributed by atoms with E-state index in [9.17, 15) is 0 Å². The zero-order chi connectivity index (χ0) is 9.26. The predicted molar refractivity (Wildman–Crippen MR) is 55.2 cm³/mol. The summed E-state index contributed by atoms with van der Waals surface area (Å²) in [4.78, 5) is 1.43. The Labute approximate surface area is 79.7 Å². The molecule has 0 amide bonds. The smallest absolute Gasteiger partial charge is 0.0616 e. The van der Waals surface area contributed by atoms with E-state index in [1.54, 1.807) is 0 Å². The Bertz CT molecular complexity index is 326. The summed E-state index contributed by atoms with van der Waals surface area (Å²) in [6, 6.07) is 10.1. The second-order valence-corrected chi connectivity index (χ2v) is 3.67. The zero-order valence-corrected chi connectivity index (χ0v) is 8.17. The Hall–Kier alpha value is -1.21. The highest BCUT2D eigenvalue weighted by Gasteiger charge is 2.12. The minimum Gasteiger partial charge on any atom is -0.359 e. The van der Waals surface area contributed by atoms with Crippen molar-refractivity contribution in [2.75, 3.05) is 14.1 Å². The van der Waals surface area contributed by atoms with Gasteiger partial charge in [-0.15, -0.1) is 29.3 Å². The third kappa shape index (κ3) is 1.47. The number of rotatable bonds is 1. The minimum absolute atomic E-state index is 1.08. The maximum atomic E-state index is 2.24. The van der Waals surface area contributed by atoms with Crippen LogP contribution in [0.15, 0.2) is 30.3 Å². The fourth-order valence-electron chi connectivity index (χ4n) is 1.80. The van der Waals surface area contributed by atoms with Gasteiger partial charge in [0.2, 0.25) is 0 Å². The van der Waals surface area contributed by atoms with Crippen LogP contribution in [0, 0.1) is 6.04 Å². The van der Waals surface area contributed by atoms with Crippen LogP contribution in [0.25, 0.3) is 6.08 Å². The first-order valence-electron chi connectivity index (χ1n) is 4.71. The van der Waals surface area contributed by atoms with E-state index in [-0.39, 0.29) is 0 Å². The molecule has 0 unspecified atom stereocenters. The molecule has 0 saturated carbocycles. The Balaban J connectivity index is 2.43. The molecule has 0 aromatic heterocycles. The van der Waals surface area contributed by atoms with Crippen molar-refractivity contribution in [3.8, 4) is 0 Å². The van der Waals surface area contributed by atoms with Gasteiger partial charge in [-0.3, -0.25) is 0 Å². The first kappa shape index (κ1) is 8.39. The van der Waals surface area contributed by atoms with Gasteiger partial charge in [-0.25, -0.2) is 0 Å². The molecule has 0 atom stereocenters. The predicted octanol–water partition coefficient (Wildman–Crippen LogP) is 1.13. The summed E-state index contributed by atoms with van der Waals surface area (Å²) in [7, 11) is 4.37. The SMILES string of the molecule is C[NH+](C)[C-]1CC=Cc2ccccc21. The fraction of sp³-hybridized carbons (Fsp3) is 0.250. The summed E-state index contributed by atoms with van der Waals surface area (Å²) in [5.41, 5.74) is 2.76. The third-order valence-corrected chi connectivity index (χ3v) is 2.51. The third-order valence-electron chi connectivity index (χ3n) is 2.51. The molecule has 1 aromatic rings. The van der Waals surface area contributed by atoms with E-state index in [1.807, 2.05) is 0 Å². The van der Waals surface area contributed by atoms with Crippen molar-refractivity contribution in [2.45, 2.75) is 6.42 Å². The number of benzene rings is 1. The molecule has 0 radical (unpaired) electrons. The molecule has 1 aliphatic carbocycles. The van der Waals surface area contributed by atoms with Gasteiger partial charge in [0, 0.05) is 6.04 Å². The molecule has 0 aliphatic heterocycles. The number of fused-ring (bicyclic) bond motifs is 1. The molecule has 13 heavy (non-hydrogen) atoms. The van der Waals surface area contributed by atoms with Gasteiger partial charge in [0.15, 0.2) is 0 Å². The van der Waals surface area contributed by atoms with Crippen LogP contribution in [-0.2, 0) is 0 Å². The summed E-state index contributed by atoms with van der Waals surface area (Å²) >= 11 is 0. The molecule has 0 bridgehead atoms. The maximum Gasteiger partial charge on any atom is 0.0616 e. The molecule has 0 heterocycles. The lowest BCUT2D eigenvalue weighted by Gasteiger charge is -2.31. The van der Waals surface area contributed by atoms with E-state index < -0.39 is 0 Å². The molecule has 1 N–H and O–H groups in total. The molecule has 1 aromatic carbocycles. The monoisotopic (exact) mass is 173 g/mol. The lowest BCUT2D eigenvalue weighted by atomic mass is 9.92. The molecular formula is C12H15N. The minimum atomic E-state index is 1.08. The van der Waals surface area contributed by atoms with Gasteiger partial charge in [-0.1, -0.05) is 12.1 Å². The van der Waals surface area contributed by atoms with Crippen LogP contribution in [-0.4, -0.2) is 14.1 Å². The summed E-state index contributed by atoms with van der Waals surface area (Å²) in [6.45, 7) is 0. The maximum absolute atomic E-state index is 2.24. The molecular weight excluding hydrogens is 158 g/mol. The molecule has 0 spiro atoms. The van der Waals surface area contributed by atoms with Crippen molar-refractivity contribution in [3.63, 3.8) is 0 Å². The van der Waals surface area contributed by atoms with Gasteiger partial charge in [0.05, 0.1) is 14.1 Å². The summed E-state index contributed by atoms with van der Waals surface area (Å²) < 4.78 is 0. The van der Waals surface area contributed by atoms with E-state index >= 15 is 0 Å². The van der Waals surface area contributed by atoms with E-state index in [1.165, 1.54) is 22.1 Å². The largest absolute Gasteiger partial charge is 0.359 e. The molecule has 0 fully saturated rings. The highest BCUT2D eigenvalue weighted by atomic mass is 15.1. The van der Waals surface area contributed by atoms with E-state index in [0.717, 1.165) is 6.42 Å². The van der Waals surface area contributed by atoms with Gasteiger partial charge >= 0.3 is 0 Å². The van der Waals surface area contributed by atoms with Crippen molar-refractivity contribution >= 4 is 6.08 Å². The molecule has 68 valence electrons. The molecule has 1 aliphatic rings. The quantitative estimate of drug-likeness (QED) is 0.607. The topological polar surface area (TPSA) is 4.44 Å².